The van der Waals surface area contributed by atoms with E-state index in [4.69, 9.17) is 15.2 Å². The molecule has 0 fully saturated rings. The number of nitrogens with zero attached hydrogens (tertiary/aromatic N) is 1. The number of hydrogen-bond acceptors (Lipinski definition) is 5. The van der Waals surface area contributed by atoms with Crippen LogP contribution in [0.25, 0.3) is 0 Å². The minimum Gasteiger partial charge on any atom is -0.494 e. The molecule has 1 aliphatic heterocycles. The third kappa shape index (κ3) is 2.88. The van der Waals surface area contributed by atoms with Gasteiger partial charge in [0.25, 0.3) is 0 Å². The van der Waals surface area contributed by atoms with Crippen molar-refractivity contribution in [3.63, 3.8) is 0 Å². The number of benzene rings is 1. The molecule has 1 heterocycles. The standard InChI is InChI=1S/C19H20N2O3/c1-2-10-23-13-8-6-12(7-9-13)17-14(11-20)19(21)24-16-5-3-4-15(22)18(16)17/h6-9,17H,2-5,10,21H2,1H3/t17-/m0/s1. The predicted molar refractivity (Wildman–Crippen MR) is 88.8 cm³/mol. The van der Waals surface area contributed by atoms with Gasteiger partial charge in [0.05, 0.1) is 12.5 Å². The molecule has 1 aromatic rings. The number of rotatable bonds is 4. The van der Waals surface area contributed by atoms with Crippen LogP contribution in [0.5, 0.6) is 5.75 Å². The topological polar surface area (TPSA) is 85.3 Å². The molecule has 0 aromatic heterocycles. The van der Waals surface area contributed by atoms with Crippen molar-refractivity contribution >= 4 is 5.78 Å². The molecule has 0 radical (unpaired) electrons. The number of hydrogen-bond donors (Lipinski definition) is 1. The SMILES string of the molecule is CCCOc1ccc([C@H]2C(C#N)=C(N)OC3=C2C(=O)CCC3)cc1. The van der Waals surface area contributed by atoms with E-state index in [0.717, 1.165) is 24.2 Å². The van der Waals surface area contributed by atoms with E-state index in [2.05, 4.69) is 6.07 Å². The van der Waals surface area contributed by atoms with Gasteiger partial charge in [-0.25, -0.2) is 0 Å². The van der Waals surface area contributed by atoms with Crippen LogP contribution < -0.4 is 10.5 Å². The molecular weight excluding hydrogens is 304 g/mol. The van der Waals surface area contributed by atoms with Crippen LogP contribution in [0.3, 0.4) is 0 Å². The average molecular weight is 324 g/mol. The molecular formula is C19H20N2O3. The molecule has 0 saturated carbocycles. The molecule has 0 saturated heterocycles. The Balaban J connectivity index is 2.01. The summed E-state index contributed by atoms with van der Waals surface area (Å²) in [6.45, 7) is 2.70. The Morgan fingerprint density at radius 1 is 1.33 bits per heavy atom. The molecule has 124 valence electrons. The maximum absolute atomic E-state index is 12.5. The van der Waals surface area contributed by atoms with Crippen molar-refractivity contribution in [2.24, 2.45) is 5.73 Å². The molecule has 5 nitrogen and oxygen atoms in total. The summed E-state index contributed by atoms with van der Waals surface area (Å²) in [5.74, 6) is 1.06. The van der Waals surface area contributed by atoms with E-state index in [0.29, 0.717) is 36.4 Å². The van der Waals surface area contributed by atoms with E-state index in [1.807, 2.05) is 31.2 Å². The second-order valence-corrected chi connectivity index (χ2v) is 5.96. The van der Waals surface area contributed by atoms with Crippen molar-refractivity contribution in [3.05, 3.63) is 52.6 Å². The lowest BCUT2D eigenvalue weighted by atomic mass is 9.77. The van der Waals surface area contributed by atoms with Gasteiger partial charge >= 0.3 is 0 Å². The summed E-state index contributed by atoms with van der Waals surface area (Å²) in [4.78, 5) is 12.5. The summed E-state index contributed by atoms with van der Waals surface area (Å²) in [7, 11) is 0. The van der Waals surface area contributed by atoms with Crippen LogP contribution in [-0.4, -0.2) is 12.4 Å². The second-order valence-electron chi connectivity index (χ2n) is 5.96. The van der Waals surface area contributed by atoms with Gasteiger partial charge in [-0.1, -0.05) is 19.1 Å². The molecule has 0 unspecified atom stereocenters. The molecule has 1 aromatic carbocycles. The zero-order valence-electron chi connectivity index (χ0n) is 13.7. The summed E-state index contributed by atoms with van der Waals surface area (Å²) in [6.07, 6.45) is 2.84. The normalized spacial score (nSPS) is 20.3. The van der Waals surface area contributed by atoms with Crippen molar-refractivity contribution in [1.29, 1.82) is 5.26 Å². The molecule has 1 aliphatic carbocycles. The first-order valence-electron chi connectivity index (χ1n) is 8.22. The third-order valence-corrected chi connectivity index (χ3v) is 4.29. The van der Waals surface area contributed by atoms with Gasteiger partial charge in [0.2, 0.25) is 5.88 Å². The van der Waals surface area contributed by atoms with E-state index in [1.165, 1.54) is 0 Å². The number of nitrogens with two attached hydrogens (primary N) is 1. The largest absolute Gasteiger partial charge is 0.494 e. The molecule has 0 bridgehead atoms. The van der Waals surface area contributed by atoms with Gasteiger partial charge in [0.1, 0.15) is 23.2 Å². The van der Waals surface area contributed by atoms with Gasteiger partial charge in [-0.15, -0.1) is 0 Å². The number of Topliss-reactive ketones (excluding diaryl/α,β-unsaturated/α-hetero) is 1. The van der Waals surface area contributed by atoms with Crippen molar-refractivity contribution in [1.82, 2.24) is 0 Å². The number of ether oxygens (including phenoxy) is 2. The van der Waals surface area contributed by atoms with Gasteiger partial charge in [0.15, 0.2) is 5.78 Å². The Morgan fingerprint density at radius 3 is 2.75 bits per heavy atom. The Hall–Kier alpha value is -2.74. The fraction of sp³-hybridized carbons (Fsp3) is 0.368. The minimum atomic E-state index is -0.452. The van der Waals surface area contributed by atoms with E-state index >= 15 is 0 Å². The molecule has 5 heteroatoms. The number of ketones is 1. The van der Waals surface area contributed by atoms with Crippen LogP contribution >= 0.6 is 0 Å². The monoisotopic (exact) mass is 324 g/mol. The lowest BCUT2D eigenvalue weighted by Crippen LogP contribution is -2.27. The van der Waals surface area contributed by atoms with E-state index in [-0.39, 0.29) is 11.7 Å². The van der Waals surface area contributed by atoms with Gasteiger partial charge in [-0.2, -0.15) is 5.26 Å². The quantitative estimate of drug-likeness (QED) is 0.918. The Labute approximate surface area is 141 Å². The fourth-order valence-electron chi connectivity index (χ4n) is 3.17. The molecule has 2 aliphatic rings. The highest BCUT2D eigenvalue weighted by atomic mass is 16.5. The Kier molecular flexibility index (Phi) is 4.57. The Morgan fingerprint density at radius 2 is 2.08 bits per heavy atom. The van der Waals surface area contributed by atoms with Crippen molar-refractivity contribution in [2.75, 3.05) is 6.61 Å². The lowest BCUT2D eigenvalue weighted by molar-refractivity contribution is -0.116. The molecule has 1 atom stereocenters. The first-order chi connectivity index (χ1) is 11.7. The lowest BCUT2D eigenvalue weighted by Gasteiger charge is -2.31. The summed E-state index contributed by atoms with van der Waals surface area (Å²) in [5.41, 5.74) is 7.66. The van der Waals surface area contributed by atoms with Crippen LogP contribution in [0.4, 0.5) is 0 Å². The maximum Gasteiger partial charge on any atom is 0.205 e. The zero-order chi connectivity index (χ0) is 17.1. The van der Waals surface area contributed by atoms with Crippen LogP contribution in [0.1, 0.15) is 44.1 Å². The maximum atomic E-state index is 12.5. The highest BCUT2D eigenvalue weighted by Crippen LogP contribution is 2.43. The van der Waals surface area contributed by atoms with Crippen LogP contribution in [-0.2, 0) is 9.53 Å². The number of carbonyl (C=O) groups excluding carboxylic acids is 1. The second kappa shape index (κ2) is 6.79. The molecule has 3 rings (SSSR count). The zero-order valence-corrected chi connectivity index (χ0v) is 13.7. The smallest absolute Gasteiger partial charge is 0.205 e. The molecule has 24 heavy (non-hydrogen) atoms. The highest BCUT2D eigenvalue weighted by molar-refractivity contribution is 5.99. The number of nitriles is 1. The fourth-order valence-corrected chi connectivity index (χ4v) is 3.17. The van der Waals surface area contributed by atoms with E-state index in [1.54, 1.807) is 0 Å². The average Bonchev–Trinajstić information content (AvgIpc) is 2.59. The summed E-state index contributed by atoms with van der Waals surface area (Å²) in [6, 6.07) is 9.61. The molecule has 0 amide bonds. The summed E-state index contributed by atoms with van der Waals surface area (Å²) < 4.78 is 11.2. The van der Waals surface area contributed by atoms with Crippen molar-refractivity contribution in [2.45, 2.75) is 38.5 Å². The predicted octanol–water partition coefficient (Wildman–Crippen LogP) is 3.29. The van der Waals surface area contributed by atoms with Gasteiger partial charge < -0.3 is 15.2 Å². The van der Waals surface area contributed by atoms with Crippen molar-refractivity contribution in [3.8, 4) is 11.8 Å². The van der Waals surface area contributed by atoms with Crippen molar-refractivity contribution < 1.29 is 14.3 Å². The summed E-state index contributed by atoms with van der Waals surface area (Å²) >= 11 is 0. The minimum absolute atomic E-state index is 0.0350. The molecule has 2 N–H and O–H groups in total. The molecule has 0 spiro atoms. The van der Waals surface area contributed by atoms with Gasteiger partial charge in [0, 0.05) is 18.4 Å². The van der Waals surface area contributed by atoms with Crippen LogP contribution in [0.2, 0.25) is 0 Å². The van der Waals surface area contributed by atoms with Crippen LogP contribution in [0, 0.1) is 11.3 Å². The van der Waals surface area contributed by atoms with Gasteiger partial charge in [-0.3, -0.25) is 4.79 Å². The Bertz CT molecular complexity index is 754. The summed E-state index contributed by atoms with van der Waals surface area (Å²) in [5, 5.41) is 9.51. The number of carbonyl (C=O) groups is 1. The van der Waals surface area contributed by atoms with Crippen LogP contribution in [0.15, 0.2) is 47.1 Å². The van der Waals surface area contributed by atoms with E-state index in [9.17, 15) is 10.1 Å². The van der Waals surface area contributed by atoms with Gasteiger partial charge in [-0.05, 0) is 30.5 Å². The first-order valence-corrected chi connectivity index (χ1v) is 8.22. The number of allylic oxidation sites excluding steroid dienone is 3. The third-order valence-electron chi connectivity index (χ3n) is 4.29. The van der Waals surface area contributed by atoms with E-state index < -0.39 is 5.92 Å². The highest BCUT2D eigenvalue weighted by Gasteiger charge is 2.37. The first kappa shape index (κ1) is 16.1.